The zero-order valence-corrected chi connectivity index (χ0v) is 32.2. The van der Waals surface area contributed by atoms with E-state index in [1.807, 2.05) is 32.9 Å². The topological polar surface area (TPSA) is 247 Å². The van der Waals surface area contributed by atoms with Crippen molar-refractivity contribution >= 4 is 57.7 Å². The zero-order chi connectivity index (χ0) is 40.5. The fourth-order valence-electron chi connectivity index (χ4n) is 6.51. The molecule has 0 aliphatic heterocycles. The number of pyridine rings is 1. The summed E-state index contributed by atoms with van der Waals surface area (Å²) in [4.78, 5) is 65.7. The largest absolute Gasteiger partial charge is 0.491 e. The van der Waals surface area contributed by atoms with Gasteiger partial charge in [-0.2, -0.15) is 15.2 Å². The molecule has 1 saturated carbocycles. The molecular formula is C38H43N13O6. The summed E-state index contributed by atoms with van der Waals surface area (Å²) in [5, 5.41) is 14.6. The first-order valence-electron chi connectivity index (χ1n) is 18.5. The van der Waals surface area contributed by atoms with E-state index in [9.17, 15) is 19.2 Å². The molecule has 0 unspecified atom stereocenters. The first-order chi connectivity index (χ1) is 27.4. The Balaban J connectivity index is 1.27. The van der Waals surface area contributed by atoms with Crippen LogP contribution in [0.4, 0.5) is 11.9 Å². The van der Waals surface area contributed by atoms with Gasteiger partial charge >= 0.3 is 0 Å². The fraction of sp³-hybridized carbons (Fsp3) is 0.342. The normalized spacial score (nSPS) is 12.8. The molecule has 1 aliphatic carbocycles. The van der Waals surface area contributed by atoms with Crippen molar-refractivity contribution in [3.05, 3.63) is 76.4 Å². The monoisotopic (exact) mass is 777 g/mol. The lowest BCUT2D eigenvalue weighted by Crippen LogP contribution is -2.20. The number of rotatable bonds is 16. The lowest BCUT2D eigenvalue weighted by Gasteiger charge is -2.13. The molecule has 6 N–H and O–H groups in total. The maximum atomic E-state index is 13.7. The minimum atomic E-state index is -0.753. The van der Waals surface area contributed by atoms with Crippen molar-refractivity contribution in [3.63, 3.8) is 0 Å². The fourth-order valence-corrected chi connectivity index (χ4v) is 6.51. The highest BCUT2D eigenvalue weighted by molar-refractivity contribution is 6.05. The molecule has 7 rings (SSSR count). The highest BCUT2D eigenvalue weighted by atomic mass is 16.5. The van der Waals surface area contributed by atoms with Crippen LogP contribution in [0.25, 0.3) is 22.2 Å². The van der Waals surface area contributed by atoms with Gasteiger partial charge in [0.05, 0.1) is 30.6 Å². The molecule has 19 nitrogen and oxygen atoms in total. The third kappa shape index (κ3) is 7.76. The second-order valence-corrected chi connectivity index (χ2v) is 13.7. The SMILES string of the molecule is CCn1nc(C)cc1C(=O)Nc1nc2cc(C(N)=O)c(OC)nc2n1CC=CCn1c(NC(=O)c2cc(C)nn2CC)nc2cc(C(N)=O)cc(OCC3CC3)c21. The molecule has 1 fully saturated rings. The van der Waals surface area contributed by atoms with Gasteiger partial charge in [-0.05, 0) is 76.8 Å². The van der Waals surface area contributed by atoms with Crippen molar-refractivity contribution in [2.24, 2.45) is 17.4 Å². The smallest absolute Gasteiger partial charge is 0.276 e. The lowest BCUT2D eigenvalue weighted by molar-refractivity contribution is 0.0989. The molecule has 5 aromatic heterocycles. The number of methoxy groups -OCH3 is 1. The molecule has 5 heterocycles. The summed E-state index contributed by atoms with van der Waals surface area (Å²) in [5.74, 6) is -1.11. The molecule has 19 heteroatoms. The first-order valence-corrected chi connectivity index (χ1v) is 18.5. The Morgan fingerprint density at radius 3 is 1.91 bits per heavy atom. The van der Waals surface area contributed by atoms with Gasteiger partial charge in [0.2, 0.25) is 23.7 Å². The van der Waals surface area contributed by atoms with Crippen LogP contribution in [0.5, 0.6) is 11.6 Å². The summed E-state index contributed by atoms with van der Waals surface area (Å²) in [5.41, 5.74) is 15.2. The number of ether oxygens (including phenoxy) is 2. The van der Waals surface area contributed by atoms with E-state index in [1.165, 1.54) is 13.2 Å². The maximum Gasteiger partial charge on any atom is 0.276 e. The molecular weight excluding hydrogens is 735 g/mol. The van der Waals surface area contributed by atoms with E-state index in [1.54, 1.807) is 49.7 Å². The van der Waals surface area contributed by atoms with Crippen LogP contribution in [0, 0.1) is 19.8 Å². The maximum absolute atomic E-state index is 13.7. The number of nitrogens with one attached hydrogen (secondary N) is 2. The third-order valence-corrected chi connectivity index (χ3v) is 9.47. The Kier molecular flexibility index (Phi) is 10.5. The number of hydrogen-bond acceptors (Lipinski definition) is 11. The molecule has 4 amide bonds. The molecule has 1 aromatic carbocycles. The van der Waals surface area contributed by atoms with Gasteiger partial charge in [-0.15, -0.1) is 0 Å². The van der Waals surface area contributed by atoms with Crippen molar-refractivity contribution in [1.29, 1.82) is 0 Å². The molecule has 0 radical (unpaired) electrons. The number of imidazole rings is 2. The Morgan fingerprint density at radius 2 is 1.37 bits per heavy atom. The van der Waals surface area contributed by atoms with Gasteiger partial charge in [-0.3, -0.25) is 43.7 Å². The lowest BCUT2D eigenvalue weighted by atomic mass is 10.1. The van der Waals surface area contributed by atoms with Crippen molar-refractivity contribution in [3.8, 4) is 11.6 Å². The Labute approximate surface area is 326 Å². The average Bonchev–Trinajstić information content (AvgIpc) is 3.47. The minimum Gasteiger partial charge on any atom is -0.491 e. The van der Waals surface area contributed by atoms with E-state index >= 15 is 0 Å². The number of hydrogen-bond donors (Lipinski definition) is 4. The van der Waals surface area contributed by atoms with E-state index in [2.05, 4.69) is 30.8 Å². The summed E-state index contributed by atoms with van der Waals surface area (Å²) < 4.78 is 18.3. The number of fused-ring (bicyclic) bond motifs is 2. The summed E-state index contributed by atoms with van der Waals surface area (Å²) >= 11 is 0. The zero-order valence-electron chi connectivity index (χ0n) is 32.2. The van der Waals surface area contributed by atoms with Gasteiger partial charge in [0, 0.05) is 31.7 Å². The quantitative estimate of drug-likeness (QED) is 0.103. The molecule has 0 spiro atoms. The average molecular weight is 778 g/mol. The predicted molar refractivity (Wildman–Crippen MR) is 209 cm³/mol. The highest BCUT2D eigenvalue weighted by Gasteiger charge is 2.26. The number of benzene rings is 1. The molecule has 0 bridgehead atoms. The van der Waals surface area contributed by atoms with Crippen LogP contribution in [0.3, 0.4) is 0 Å². The van der Waals surface area contributed by atoms with Crippen molar-refractivity contribution in [1.82, 2.24) is 43.6 Å². The number of primary amides is 2. The molecule has 57 heavy (non-hydrogen) atoms. The highest BCUT2D eigenvalue weighted by Crippen LogP contribution is 2.35. The number of aryl methyl sites for hydroxylation is 4. The van der Waals surface area contributed by atoms with Crippen molar-refractivity contribution < 1.29 is 28.7 Å². The summed E-state index contributed by atoms with van der Waals surface area (Å²) in [6.07, 6.45) is 5.75. The van der Waals surface area contributed by atoms with Gasteiger partial charge in [-0.1, -0.05) is 12.2 Å². The summed E-state index contributed by atoms with van der Waals surface area (Å²) in [7, 11) is 1.37. The van der Waals surface area contributed by atoms with Gasteiger partial charge in [-0.25, -0.2) is 9.97 Å². The number of carbonyl (C=O) groups excluding carboxylic acids is 4. The van der Waals surface area contributed by atoms with Crippen LogP contribution >= 0.6 is 0 Å². The molecule has 6 aromatic rings. The van der Waals surface area contributed by atoms with Crippen LogP contribution < -0.4 is 31.6 Å². The number of carbonyl (C=O) groups is 4. The second-order valence-electron chi connectivity index (χ2n) is 13.7. The minimum absolute atomic E-state index is 0.00312. The van der Waals surface area contributed by atoms with Crippen LogP contribution in [0.15, 0.2) is 42.5 Å². The van der Waals surface area contributed by atoms with E-state index in [-0.39, 0.29) is 42.0 Å². The van der Waals surface area contributed by atoms with Crippen LogP contribution in [0.2, 0.25) is 0 Å². The van der Waals surface area contributed by atoms with Gasteiger partial charge < -0.3 is 25.5 Å². The van der Waals surface area contributed by atoms with Crippen LogP contribution in [-0.2, 0) is 26.2 Å². The summed E-state index contributed by atoms with van der Waals surface area (Å²) in [6, 6.07) is 7.99. The third-order valence-electron chi connectivity index (χ3n) is 9.47. The number of nitrogens with two attached hydrogens (primary N) is 2. The van der Waals surface area contributed by atoms with Crippen molar-refractivity contribution in [2.75, 3.05) is 24.4 Å². The Morgan fingerprint density at radius 1 is 0.789 bits per heavy atom. The number of aromatic nitrogens is 9. The first kappa shape index (κ1) is 38.2. The molecule has 296 valence electrons. The Hall–Kier alpha value is -7.05. The molecule has 0 saturated heterocycles. The standard InChI is InChI=1S/C38H43N13O6/c1-6-50-27(14-20(3)46-50)34(54)44-37-41-25-16-23(31(39)52)17-29(57-19-22-10-11-22)30(25)48(37)12-8-9-13-49-33-26(18-24(32(40)53)36(43-33)56-5)42-38(49)45-35(55)28-15-21(4)47-51(28)7-2/h8-9,14-18,22H,6-7,10-13,19H2,1-5H3,(H2,39,52)(H2,40,53)(H,41,44,54)(H,42,45,55). The number of nitrogens with zero attached hydrogens (tertiary/aromatic N) is 9. The van der Waals surface area contributed by atoms with Gasteiger partial charge in [0.15, 0.2) is 5.65 Å². The Bertz CT molecular complexity index is 2590. The van der Waals surface area contributed by atoms with E-state index < -0.39 is 23.6 Å². The van der Waals surface area contributed by atoms with Gasteiger partial charge in [0.25, 0.3) is 17.7 Å². The van der Waals surface area contributed by atoms with Gasteiger partial charge in [0.1, 0.15) is 33.7 Å². The van der Waals surface area contributed by atoms with E-state index in [4.69, 9.17) is 25.9 Å². The van der Waals surface area contributed by atoms with Crippen molar-refractivity contribution in [2.45, 2.75) is 66.7 Å². The number of amides is 4. The van der Waals surface area contributed by atoms with Crippen LogP contribution in [-0.4, -0.2) is 81.0 Å². The predicted octanol–water partition coefficient (Wildman–Crippen LogP) is 3.59. The molecule has 1 aliphatic rings. The van der Waals surface area contributed by atoms with Crippen LogP contribution in [0.1, 0.15) is 79.8 Å². The second kappa shape index (κ2) is 15.6. The molecule has 0 atom stereocenters. The summed E-state index contributed by atoms with van der Waals surface area (Å²) in [6.45, 7) is 9.10. The van der Waals surface area contributed by atoms with E-state index in [0.717, 1.165) is 12.8 Å². The van der Waals surface area contributed by atoms with E-state index in [0.29, 0.717) is 76.3 Å². The number of anilines is 2. The number of allylic oxidation sites excluding steroid dienone is 2.